The fourth-order valence-electron chi connectivity index (χ4n) is 2.27. The summed E-state index contributed by atoms with van der Waals surface area (Å²) in [6, 6.07) is 16.2. The van der Waals surface area contributed by atoms with E-state index in [4.69, 9.17) is 14.4 Å². The minimum Gasteiger partial charge on any atom is -0.544 e. The summed E-state index contributed by atoms with van der Waals surface area (Å²) in [4.78, 5) is 11.3. The van der Waals surface area contributed by atoms with Gasteiger partial charge in [0.1, 0.15) is 12.4 Å². The van der Waals surface area contributed by atoms with Gasteiger partial charge in [-0.25, -0.2) is 0 Å². The molecule has 0 saturated heterocycles. The zero-order valence-electron chi connectivity index (χ0n) is 14.8. The van der Waals surface area contributed by atoms with Gasteiger partial charge >= 0.3 is 0 Å². The standard InChI is InChI=1S/C20H15N3O4S/c1-13-22-23-20(27-13)28-18(19(24)25)10-14-6-8-17(9-7-14)26-12-16-5-3-2-4-15(16)11-21/h2-10H,12H2,1H3,(H,24,25)/p-1/b18-10-. The van der Waals surface area contributed by atoms with Gasteiger partial charge in [0.25, 0.3) is 5.22 Å². The maximum Gasteiger partial charge on any atom is 0.281 e. The van der Waals surface area contributed by atoms with Crippen molar-refractivity contribution in [2.75, 3.05) is 0 Å². The lowest BCUT2D eigenvalue weighted by molar-refractivity contribution is -0.298. The van der Waals surface area contributed by atoms with Crippen molar-refractivity contribution in [3.8, 4) is 11.8 Å². The van der Waals surface area contributed by atoms with Crippen molar-refractivity contribution in [2.45, 2.75) is 18.8 Å². The van der Waals surface area contributed by atoms with Crippen LogP contribution in [0.2, 0.25) is 0 Å². The first kappa shape index (κ1) is 19.2. The molecule has 3 aromatic rings. The van der Waals surface area contributed by atoms with Gasteiger partial charge in [-0.05, 0) is 41.6 Å². The van der Waals surface area contributed by atoms with E-state index in [-0.39, 0.29) is 16.7 Å². The molecule has 1 aromatic heterocycles. The quantitative estimate of drug-likeness (QED) is 0.446. The van der Waals surface area contributed by atoms with Crippen LogP contribution in [0.1, 0.15) is 22.6 Å². The molecule has 0 fully saturated rings. The van der Waals surface area contributed by atoms with Crippen LogP contribution in [0.15, 0.2) is 63.1 Å². The van der Waals surface area contributed by atoms with E-state index in [0.717, 1.165) is 17.3 Å². The zero-order chi connectivity index (χ0) is 19.9. The van der Waals surface area contributed by atoms with Gasteiger partial charge in [0.15, 0.2) is 0 Å². The molecule has 0 aliphatic rings. The van der Waals surface area contributed by atoms with Crippen molar-refractivity contribution in [1.29, 1.82) is 5.26 Å². The Bertz CT molecular complexity index is 1050. The smallest absolute Gasteiger partial charge is 0.281 e. The molecule has 0 aliphatic carbocycles. The van der Waals surface area contributed by atoms with Gasteiger partial charge in [-0.1, -0.05) is 30.3 Å². The molecule has 2 aromatic carbocycles. The summed E-state index contributed by atoms with van der Waals surface area (Å²) in [6.07, 6.45) is 1.45. The number of hydrogen-bond donors (Lipinski definition) is 0. The molecule has 0 bridgehead atoms. The highest BCUT2D eigenvalue weighted by molar-refractivity contribution is 8.03. The lowest BCUT2D eigenvalue weighted by atomic mass is 10.1. The summed E-state index contributed by atoms with van der Waals surface area (Å²) >= 11 is 0.825. The van der Waals surface area contributed by atoms with Crippen LogP contribution in [0.5, 0.6) is 5.75 Å². The van der Waals surface area contributed by atoms with Crippen molar-refractivity contribution >= 4 is 23.8 Å². The molecule has 28 heavy (non-hydrogen) atoms. The monoisotopic (exact) mass is 392 g/mol. The second-order valence-corrected chi connectivity index (χ2v) is 6.60. The minimum absolute atomic E-state index is 0.0553. The number of aryl methyl sites for hydroxylation is 1. The normalized spacial score (nSPS) is 11.1. The SMILES string of the molecule is Cc1nnc(S/C(=C\c2ccc(OCc3ccccc3C#N)cc2)C(=O)[O-])o1. The first-order chi connectivity index (χ1) is 13.5. The first-order valence-corrected chi connectivity index (χ1v) is 8.98. The summed E-state index contributed by atoms with van der Waals surface area (Å²) in [5.41, 5.74) is 2.00. The molecule has 0 amide bonds. The van der Waals surface area contributed by atoms with Gasteiger partial charge in [0.05, 0.1) is 17.6 Å². The summed E-state index contributed by atoms with van der Waals surface area (Å²) in [7, 11) is 0. The maximum absolute atomic E-state index is 11.4. The van der Waals surface area contributed by atoms with Gasteiger partial charge in [0, 0.05) is 17.4 Å². The average Bonchev–Trinajstić information content (AvgIpc) is 3.11. The van der Waals surface area contributed by atoms with Gasteiger partial charge in [-0.2, -0.15) is 5.26 Å². The second-order valence-electron chi connectivity index (χ2n) is 5.61. The lowest BCUT2D eigenvalue weighted by Crippen LogP contribution is -2.23. The Morgan fingerprint density at radius 3 is 2.64 bits per heavy atom. The Morgan fingerprint density at radius 2 is 2.00 bits per heavy atom. The van der Waals surface area contributed by atoms with Gasteiger partial charge in [-0.3, -0.25) is 0 Å². The number of aromatic nitrogens is 2. The molecular formula is C20H14N3O4S-. The number of carbonyl (C=O) groups is 1. The number of rotatable bonds is 7. The van der Waals surface area contributed by atoms with E-state index < -0.39 is 5.97 Å². The molecular weight excluding hydrogens is 378 g/mol. The Balaban J connectivity index is 1.69. The maximum atomic E-state index is 11.4. The largest absolute Gasteiger partial charge is 0.544 e. The summed E-state index contributed by atoms with van der Waals surface area (Å²) in [5.74, 6) is -0.394. The van der Waals surface area contributed by atoms with Gasteiger partial charge in [0.2, 0.25) is 5.89 Å². The number of thioether (sulfide) groups is 1. The molecule has 140 valence electrons. The van der Waals surface area contributed by atoms with Gasteiger partial charge < -0.3 is 19.1 Å². The fourth-order valence-corrected chi connectivity index (χ4v) is 2.98. The molecule has 1 heterocycles. The minimum atomic E-state index is -1.34. The van der Waals surface area contributed by atoms with Crippen molar-refractivity contribution in [3.05, 3.63) is 76.0 Å². The number of nitriles is 1. The number of carboxylic acids is 1. The van der Waals surface area contributed by atoms with Crippen LogP contribution in [0.4, 0.5) is 0 Å². The van der Waals surface area contributed by atoms with Crippen LogP contribution in [0, 0.1) is 18.3 Å². The van der Waals surface area contributed by atoms with E-state index in [1.165, 1.54) is 6.08 Å². The van der Waals surface area contributed by atoms with Crippen molar-refractivity contribution in [3.63, 3.8) is 0 Å². The van der Waals surface area contributed by atoms with E-state index in [2.05, 4.69) is 16.3 Å². The number of hydrogen-bond acceptors (Lipinski definition) is 8. The van der Waals surface area contributed by atoms with Crippen molar-refractivity contribution in [2.24, 2.45) is 0 Å². The van der Waals surface area contributed by atoms with E-state index >= 15 is 0 Å². The predicted octanol–water partition coefficient (Wildman–Crippen LogP) is 2.71. The van der Waals surface area contributed by atoms with Crippen LogP contribution in [-0.4, -0.2) is 16.2 Å². The number of nitrogens with zero attached hydrogens (tertiary/aromatic N) is 3. The molecule has 0 radical (unpaired) electrons. The van der Waals surface area contributed by atoms with Crippen LogP contribution in [0.25, 0.3) is 6.08 Å². The number of benzene rings is 2. The number of carbonyl (C=O) groups excluding carboxylic acids is 1. The number of ether oxygens (including phenoxy) is 1. The molecule has 0 unspecified atom stereocenters. The highest BCUT2D eigenvalue weighted by Crippen LogP contribution is 2.27. The third-order valence-corrected chi connectivity index (χ3v) is 4.46. The Kier molecular flexibility index (Phi) is 6.09. The second kappa shape index (κ2) is 8.88. The number of aliphatic carboxylic acids is 1. The predicted molar refractivity (Wildman–Crippen MR) is 99.8 cm³/mol. The topological polar surface area (TPSA) is 112 Å². The molecule has 0 aliphatic heterocycles. The molecule has 0 spiro atoms. The third kappa shape index (κ3) is 4.99. The molecule has 0 N–H and O–H groups in total. The van der Waals surface area contributed by atoms with E-state index in [1.54, 1.807) is 43.3 Å². The highest BCUT2D eigenvalue weighted by Gasteiger charge is 2.09. The Morgan fingerprint density at radius 1 is 1.25 bits per heavy atom. The molecule has 0 saturated carbocycles. The Hall–Kier alpha value is -3.57. The molecule has 8 heteroatoms. The number of carboxylic acid groups (broad SMARTS) is 1. The lowest BCUT2D eigenvalue weighted by Gasteiger charge is -2.09. The van der Waals surface area contributed by atoms with E-state index in [0.29, 0.717) is 22.8 Å². The third-order valence-electron chi connectivity index (χ3n) is 3.62. The zero-order valence-corrected chi connectivity index (χ0v) is 15.6. The molecule has 0 atom stereocenters. The highest BCUT2D eigenvalue weighted by atomic mass is 32.2. The first-order valence-electron chi connectivity index (χ1n) is 8.17. The summed E-state index contributed by atoms with van der Waals surface area (Å²) in [5, 5.41) is 28.0. The summed E-state index contributed by atoms with van der Waals surface area (Å²) < 4.78 is 10.9. The van der Waals surface area contributed by atoms with Gasteiger partial charge in [-0.15, -0.1) is 10.2 Å². The van der Waals surface area contributed by atoms with E-state index in [1.807, 2.05) is 12.1 Å². The van der Waals surface area contributed by atoms with Crippen LogP contribution < -0.4 is 9.84 Å². The van der Waals surface area contributed by atoms with E-state index in [9.17, 15) is 9.90 Å². The van der Waals surface area contributed by atoms with Crippen LogP contribution in [-0.2, 0) is 11.4 Å². The molecule has 7 nitrogen and oxygen atoms in total. The van der Waals surface area contributed by atoms with Crippen LogP contribution in [0.3, 0.4) is 0 Å². The Labute approximate surface area is 165 Å². The van der Waals surface area contributed by atoms with Crippen molar-refractivity contribution in [1.82, 2.24) is 10.2 Å². The average molecular weight is 392 g/mol. The molecule has 3 rings (SSSR count). The van der Waals surface area contributed by atoms with Crippen LogP contribution >= 0.6 is 11.8 Å². The van der Waals surface area contributed by atoms with Crippen molar-refractivity contribution < 1.29 is 19.1 Å². The fraction of sp³-hybridized carbons (Fsp3) is 0.100. The summed E-state index contributed by atoms with van der Waals surface area (Å²) in [6.45, 7) is 1.88.